The van der Waals surface area contributed by atoms with E-state index in [0.29, 0.717) is 19.5 Å². The van der Waals surface area contributed by atoms with Crippen molar-refractivity contribution in [3.63, 3.8) is 0 Å². The predicted molar refractivity (Wildman–Crippen MR) is 103 cm³/mol. The minimum Gasteiger partial charge on any atom is -0.467 e. The van der Waals surface area contributed by atoms with Gasteiger partial charge in [0.2, 0.25) is 0 Å². The van der Waals surface area contributed by atoms with Crippen molar-refractivity contribution in [3.05, 3.63) is 30.1 Å². The lowest BCUT2D eigenvalue weighted by Gasteiger charge is -2.35. The van der Waals surface area contributed by atoms with Crippen LogP contribution in [0.3, 0.4) is 0 Å². The SMILES string of the molecule is COC(=O)[C@@H](CCSC)NC(=O)N1CCN(CCc2ccccn2)CC1. The minimum atomic E-state index is -0.581. The first-order chi connectivity index (χ1) is 12.6. The number of nitrogens with one attached hydrogen (secondary N) is 1. The molecule has 0 saturated carbocycles. The van der Waals surface area contributed by atoms with Crippen LogP contribution in [0, 0.1) is 0 Å². The average molecular weight is 381 g/mol. The van der Waals surface area contributed by atoms with Gasteiger partial charge in [0.05, 0.1) is 7.11 Å². The maximum Gasteiger partial charge on any atom is 0.328 e. The van der Waals surface area contributed by atoms with Crippen molar-refractivity contribution in [2.45, 2.75) is 18.9 Å². The number of nitrogens with zero attached hydrogens (tertiary/aromatic N) is 3. The molecule has 144 valence electrons. The Morgan fingerprint density at radius 3 is 2.69 bits per heavy atom. The number of carbonyl (C=O) groups excluding carboxylic acids is 2. The Morgan fingerprint density at radius 1 is 1.31 bits per heavy atom. The molecule has 1 aromatic rings. The Bertz CT molecular complexity index is 565. The number of rotatable bonds is 8. The molecular formula is C18H28N4O3S. The van der Waals surface area contributed by atoms with E-state index in [0.717, 1.165) is 37.5 Å². The van der Waals surface area contributed by atoms with Gasteiger partial charge in [-0.15, -0.1) is 0 Å². The number of amides is 2. The molecule has 0 bridgehead atoms. The van der Waals surface area contributed by atoms with E-state index in [1.807, 2.05) is 30.7 Å². The van der Waals surface area contributed by atoms with Crippen LogP contribution in [0.25, 0.3) is 0 Å². The van der Waals surface area contributed by atoms with Gasteiger partial charge in [-0.3, -0.25) is 9.88 Å². The highest BCUT2D eigenvalue weighted by Crippen LogP contribution is 2.07. The third-order valence-electron chi connectivity index (χ3n) is 4.46. The number of piperazine rings is 1. The third-order valence-corrected chi connectivity index (χ3v) is 5.11. The largest absolute Gasteiger partial charge is 0.467 e. The topological polar surface area (TPSA) is 74.8 Å². The summed E-state index contributed by atoms with van der Waals surface area (Å²) in [5, 5.41) is 2.82. The van der Waals surface area contributed by atoms with Crippen LogP contribution in [-0.2, 0) is 16.0 Å². The van der Waals surface area contributed by atoms with Crippen molar-refractivity contribution in [1.82, 2.24) is 20.1 Å². The summed E-state index contributed by atoms with van der Waals surface area (Å²) in [7, 11) is 1.35. The molecule has 0 radical (unpaired) electrons. The Kier molecular flexibility index (Phi) is 8.70. The maximum atomic E-state index is 12.4. The summed E-state index contributed by atoms with van der Waals surface area (Å²) in [6.07, 6.45) is 5.27. The van der Waals surface area contributed by atoms with Crippen LogP contribution in [0.5, 0.6) is 0 Å². The summed E-state index contributed by atoms with van der Waals surface area (Å²) in [4.78, 5) is 32.7. The molecule has 0 unspecified atom stereocenters. The van der Waals surface area contributed by atoms with Crippen molar-refractivity contribution in [2.24, 2.45) is 0 Å². The van der Waals surface area contributed by atoms with Gasteiger partial charge in [-0.25, -0.2) is 9.59 Å². The van der Waals surface area contributed by atoms with Gasteiger partial charge in [0, 0.05) is 51.0 Å². The van der Waals surface area contributed by atoms with Gasteiger partial charge in [-0.05, 0) is 30.6 Å². The molecule has 1 fully saturated rings. The number of carbonyl (C=O) groups is 2. The first-order valence-corrected chi connectivity index (χ1v) is 10.3. The number of esters is 1. The van der Waals surface area contributed by atoms with Crippen molar-refractivity contribution in [3.8, 4) is 0 Å². The van der Waals surface area contributed by atoms with Gasteiger partial charge in [-0.2, -0.15) is 11.8 Å². The molecule has 7 nitrogen and oxygen atoms in total. The fourth-order valence-electron chi connectivity index (χ4n) is 2.86. The highest BCUT2D eigenvalue weighted by Gasteiger charge is 2.26. The van der Waals surface area contributed by atoms with E-state index < -0.39 is 6.04 Å². The molecule has 26 heavy (non-hydrogen) atoms. The number of pyridine rings is 1. The average Bonchev–Trinajstić information content (AvgIpc) is 2.70. The van der Waals surface area contributed by atoms with E-state index in [2.05, 4.69) is 15.2 Å². The number of hydrogen-bond donors (Lipinski definition) is 1. The Labute approximate surface area is 159 Å². The fourth-order valence-corrected chi connectivity index (χ4v) is 3.33. The Hall–Kier alpha value is -1.80. The van der Waals surface area contributed by atoms with Crippen LogP contribution in [-0.4, -0.2) is 84.7 Å². The van der Waals surface area contributed by atoms with Gasteiger partial charge >= 0.3 is 12.0 Å². The second-order valence-electron chi connectivity index (χ2n) is 6.21. The number of ether oxygens (including phenoxy) is 1. The Morgan fingerprint density at radius 2 is 2.08 bits per heavy atom. The predicted octanol–water partition coefficient (Wildman–Crippen LogP) is 1.25. The molecule has 0 spiro atoms. The number of hydrogen-bond acceptors (Lipinski definition) is 6. The molecule has 1 saturated heterocycles. The lowest BCUT2D eigenvalue weighted by Crippen LogP contribution is -2.55. The van der Waals surface area contributed by atoms with Crippen molar-refractivity contribution >= 4 is 23.8 Å². The number of urea groups is 1. The molecule has 0 aromatic carbocycles. The van der Waals surface area contributed by atoms with Gasteiger partial charge < -0.3 is 15.0 Å². The number of aromatic nitrogens is 1. The first kappa shape index (κ1) is 20.5. The van der Waals surface area contributed by atoms with E-state index in [4.69, 9.17) is 4.74 Å². The third kappa shape index (κ3) is 6.49. The van der Waals surface area contributed by atoms with Gasteiger partial charge in [0.1, 0.15) is 6.04 Å². The van der Waals surface area contributed by atoms with E-state index in [-0.39, 0.29) is 12.0 Å². The van der Waals surface area contributed by atoms with Crippen molar-refractivity contribution < 1.29 is 14.3 Å². The quantitative estimate of drug-likeness (QED) is 0.684. The van der Waals surface area contributed by atoms with Crippen molar-refractivity contribution in [2.75, 3.05) is 51.8 Å². The summed E-state index contributed by atoms with van der Waals surface area (Å²) in [5.74, 6) is 0.405. The molecule has 2 rings (SSSR count). The molecular weight excluding hydrogens is 352 g/mol. The number of thioether (sulfide) groups is 1. The molecule has 2 amide bonds. The molecule has 1 atom stereocenters. The summed E-state index contributed by atoms with van der Waals surface area (Å²) in [5.41, 5.74) is 1.09. The first-order valence-electron chi connectivity index (χ1n) is 8.88. The fraction of sp³-hybridized carbons (Fsp3) is 0.611. The maximum absolute atomic E-state index is 12.4. The summed E-state index contributed by atoms with van der Waals surface area (Å²) in [6, 6.07) is 5.18. The molecule has 1 aliphatic rings. The molecule has 0 aliphatic carbocycles. The molecule has 1 aliphatic heterocycles. The van der Waals surface area contributed by atoms with E-state index in [9.17, 15) is 9.59 Å². The second-order valence-corrected chi connectivity index (χ2v) is 7.19. The lowest BCUT2D eigenvalue weighted by atomic mass is 10.2. The smallest absolute Gasteiger partial charge is 0.328 e. The van der Waals surface area contributed by atoms with Crippen molar-refractivity contribution in [1.29, 1.82) is 0 Å². The van der Waals surface area contributed by atoms with Crippen LogP contribution < -0.4 is 5.32 Å². The monoisotopic (exact) mass is 380 g/mol. The van der Waals surface area contributed by atoms with E-state index in [1.165, 1.54) is 7.11 Å². The summed E-state index contributed by atoms with van der Waals surface area (Å²) < 4.78 is 4.79. The van der Waals surface area contributed by atoms with Gasteiger partial charge in [0.25, 0.3) is 0 Å². The van der Waals surface area contributed by atoms with Crippen LogP contribution >= 0.6 is 11.8 Å². The second kappa shape index (κ2) is 11.0. The molecule has 8 heteroatoms. The highest BCUT2D eigenvalue weighted by atomic mass is 32.2. The molecule has 1 N–H and O–H groups in total. The van der Waals surface area contributed by atoms with Crippen LogP contribution in [0.2, 0.25) is 0 Å². The Balaban J connectivity index is 1.75. The zero-order chi connectivity index (χ0) is 18.8. The lowest BCUT2D eigenvalue weighted by molar-refractivity contribution is -0.142. The summed E-state index contributed by atoms with van der Waals surface area (Å²) >= 11 is 1.64. The zero-order valence-electron chi connectivity index (χ0n) is 15.5. The highest BCUT2D eigenvalue weighted by molar-refractivity contribution is 7.98. The van der Waals surface area contributed by atoms with Gasteiger partial charge in [0.15, 0.2) is 0 Å². The van der Waals surface area contributed by atoms with E-state index >= 15 is 0 Å². The van der Waals surface area contributed by atoms with Crippen LogP contribution in [0.4, 0.5) is 4.79 Å². The standard InChI is InChI=1S/C18H28N4O3S/c1-25-17(23)16(7-14-26-2)20-18(24)22-12-10-21(11-13-22)9-6-15-5-3-4-8-19-15/h3-5,8,16H,6-7,9-14H2,1-2H3,(H,20,24)/t16-/m1/s1. The van der Waals surface area contributed by atoms with E-state index in [1.54, 1.807) is 16.7 Å². The van der Waals surface area contributed by atoms with Gasteiger partial charge in [-0.1, -0.05) is 6.07 Å². The molecule has 1 aromatic heterocycles. The van der Waals surface area contributed by atoms with Crippen LogP contribution in [0.1, 0.15) is 12.1 Å². The summed E-state index contributed by atoms with van der Waals surface area (Å²) in [6.45, 7) is 3.90. The zero-order valence-corrected chi connectivity index (χ0v) is 16.3. The molecule has 2 heterocycles. The normalized spacial score (nSPS) is 16.2. The number of methoxy groups -OCH3 is 1. The minimum absolute atomic E-state index is 0.189. The van der Waals surface area contributed by atoms with Crippen LogP contribution in [0.15, 0.2) is 24.4 Å².